The van der Waals surface area contributed by atoms with E-state index in [1.54, 1.807) is 16.1 Å². The molecule has 0 N–H and O–H groups in total. The van der Waals surface area contributed by atoms with Crippen molar-refractivity contribution in [3.8, 4) is 11.4 Å². The van der Waals surface area contributed by atoms with Crippen LogP contribution in [0.25, 0.3) is 21.6 Å². The van der Waals surface area contributed by atoms with Crippen molar-refractivity contribution >= 4 is 21.6 Å². The Morgan fingerprint density at radius 1 is 0.964 bits per heavy atom. The number of para-hydroxylation sites is 1. The van der Waals surface area contributed by atoms with Gasteiger partial charge >= 0.3 is 0 Å². The first-order chi connectivity index (χ1) is 13.8. The quantitative estimate of drug-likeness (QED) is 0.399. The zero-order chi connectivity index (χ0) is 19.2. The Morgan fingerprint density at radius 2 is 1.79 bits per heavy atom. The number of tetrazole rings is 1. The van der Waals surface area contributed by atoms with Gasteiger partial charge in [0.15, 0.2) is 0 Å². The topological polar surface area (TPSA) is 59.7 Å². The van der Waals surface area contributed by atoms with Gasteiger partial charge < -0.3 is 0 Å². The number of unbranched alkanes of at least 4 members (excludes halogenated alkanes) is 2. The minimum atomic E-state index is 0.691. The van der Waals surface area contributed by atoms with Gasteiger partial charge in [-0.05, 0) is 43.8 Å². The van der Waals surface area contributed by atoms with Crippen LogP contribution in [0.2, 0.25) is 0 Å². The van der Waals surface area contributed by atoms with Crippen LogP contribution in [0.15, 0.2) is 54.6 Å². The Bertz CT molecular complexity index is 977. The molecule has 6 nitrogen and oxygen atoms in total. The van der Waals surface area contributed by atoms with Gasteiger partial charge in [0.2, 0.25) is 5.82 Å². The Kier molecular flexibility index (Phi) is 6.04. The summed E-state index contributed by atoms with van der Waals surface area (Å²) in [4.78, 5) is 8.76. The van der Waals surface area contributed by atoms with E-state index in [-0.39, 0.29) is 0 Å². The number of aryl methyl sites for hydroxylation is 1. The van der Waals surface area contributed by atoms with Crippen molar-refractivity contribution in [3.63, 3.8) is 0 Å². The van der Waals surface area contributed by atoms with Crippen LogP contribution in [0.3, 0.4) is 0 Å². The van der Waals surface area contributed by atoms with E-state index in [4.69, 9.17) is 4.98 Å². The van der Waals surface area contributed by atoms with Crippen LogP contribution in [0.1, 0.15) is 24.3 Å². The van der Waals surface area contributed by atoms with Crippen molar-refractivity contribution in [1.29, 1.82) is 0 Å². The van der Waals surface area contributed by atoms with Crippen LogP contribution < -0.4 is 0 Å². The van der Waals surface area contributed by atoms with Crippen LogP contribution in [-0.4, -0.2) is 43.7 Å². The highest BCUT2D eigenvalue weighted by Crippen LogP contribution is 2.22. The third-order valence-electron chi connectivity index (χ3n) is 4.63. The van der Waals surface area contributed by atoms with E-state index in [2.05, 4.69) is 45.6 Å². The number of hydrogen-bond donors (Lipinski definition) is 0. The van der Waals surface area contributed by atoms with Gasteiger partial charge in [-0.3, -0.25) is 4.90 Å². The molecule has 28 heavy (non-hydrogen) atoms. The summed E-state index contributed by atoms with van der Waals surface area (Å²) in [5.41, 5.74) is 2.11. The van der Waals surface area contributed by atoms with Gasteiger partial charge in [-0.1, -0.05) is 48.9 Å². The smallest absolute Gasteiger partial charge is 0.204 e. The summed E-state index contributed by atoms with van der Waals surface area (Å²) in [6, 6.07) is 18.3. The monoisotopic (exact) mass is 392 g/mol. The lowest BCUT2D eigenvalue weighted by molar-refractivity contribution is 0.314. The summed E-state index contributed by atoms with van der Waals surface area (Å²) < 4.78 is 1.26. The van der Waals surface area contributed by atoms with Crippen molar-refractivity contribution < 1.29 is 0 Å². The second-order valence-corrected chi connectivity index (χ2v) is 8.06. The summed E-state index contributed by atoms with van der Waals surface area (Å²) in [7, 11) is 2.16. The zero-order valence-corrected chi connectivity index (χ0v) is 16.8. The largest absolute Gasteiger partial charge is 0.300 e. The average molecular weight is 393 g/mol. The van der Waals surface area contributed by atoms with Crippen LogP contribution >= 0.6 is 11.3 Å². The normalized spacial score (nSPS) is 11.5. The van der Waals surface area contributed by atoms with Crippen molar-refractivity contribution in [2.24, 2.45) is 0 Å². The number of rotatable bonds is 9. The molecular formula is C21H24N6S. The molecule has 0 aliphatic carbocycles. The van der Waals surface area contributed by atoms with Gasteiger partial charge in [0.05, 0.1) is 23.3 Å². The Balaban J connectivity index is 1.17. The van der Waals surface area contributed by atoms with Gasteiger partial charge in [0.25, 0.3) is 0 Å². The van der Waals surface area contributed by atoms with Crippen molar-refractivity contribution in [2.45, 2.75) is 32.4 Å². The first-order valence-corrected chi connectivity index (χ1v) is 10.5. The van der Waals surface area contributed by atoms with Gasteiger partial charge in [-0.2, -0.15) is 4.80 Å². The van der Waals surface area contributed by atoms with E-state index in [0.29, 0.717) is 5.82 Å². The third kappa shape index (κ3) is 4.79. The molecular weight excluding hydrogens is 368 g/mol. The van der Waals surface area contributed by atoms with Gasteiger partial charge in [0.1, 0.15) is 5.01 Å². The first-order valence-electron chi connectivity index (χ1n) is 9.64. The molecule has 0 amide bonds. The highest BCUT2D eigenvalue weighted by atomic mass is 32.1. The average Bonchev–Trinajstić information content (AvgIpc) is 3.35. The summed E-state index contributed by atoms with van der Waals surface area (Å²) >= 11 is 1.79. The number of benzene rings is 2. The number of hydrogen-bond acceptors (Lipinski definition) is 6. The molecule has 2 aromatic carbocycles. The van der Waals surface area contributed by atoms with E-state index in [1.165, 1.54) is 9.71 Å². The van der Waals surface area contributed by atoms with E-state index < -0.39 is 0 Å². The fourth-order valence-corrected chi connectivity index (χ4v) is 4.20. The van der Waals surface area contributed by atoms with Crippen molar-refractivity contribution in [1.82, 2.24) is 30.1 Å². The predicted molar refractivity (Wildman–Crippen MR) is 113 cm³/mol. The number of thiazole rings is 1. The maximum atomic E-state index is 4.71. The fourth-order valence-electron chi connectivity index (χ4n) is 3.15. The highest BCUT2D eigenvalue weighted by Gasteiger charge is 2.07. The molecule has 0 radical (unpaired) electrons. The minimum Gasteiger partial charge on any atom is -0.300 e. The number of fused-ring (bicyclic) bond motifs is 1. The summed E-state index contributed by atoms with van der Waals surface area (Å²) in [5.74, 6) is 0.691. The van der Waals surface area contributed by atoms with E-state index in [1.807, 2.05) is 36.4 Å². The SMILES string of the molecule is CN(CCCCCn1nnc(-c2ccccc2)n1)Cc1nc2ccccc2s1. The summed E-state index contributed by atoms with van der Waals surface area (Å²) in [6.45, 7) is 2.78. The molecule has 0 bridgehead atoms. The maximum absolute atomic E-state index is 4.71. The Morgan fingerprint density at radius 3 is 2.64 bits per heavy atom. The molecule has 7 heteroatoms. The second kappa shape index (κ2) is 9.03. The number of aromatic nitrogens is 5. The first kappa shape index (κ1) is 18.7. The molecule has 4 aromatic rings. The molecule has 144 valence electrons. The molecule has 0 saturated carbocycles. The predicted octanol–water partition coefficient (Wildman–Crippen LogP) is 4.25. The van der Waals surface area contributed by atoms with Gasteiger partial charge in [-0.25, -0.2) is 4.98 Å². The third-order valence-corrected chi connectivity index (χ3v) is 5.65. The molecule has 4 rings (SSSR count). The van der Waals surface area contributed by atoms with E-state index in [9.17, 15) is 0 Å². The van der Waals surface area contributed by atoms with Crippen molar-refractivity contribution in [2.75, 3.05) is 13.6 Å². The van der Waals surface area contributed by atoms with E-state index in [0.717, 1.165) is 50.0 Å². The van der Waals surface area contributed by atoms with Crippen LogP contribution in [-0.2, 0) is 13.1 Å². The van der Waals surface area contributed by atoms with Gasteiger partial charge in [0, 0.05) is 5.56 Å². The van der Waals surface area contributed by atoms with Crippen molar-refractivity contribution in [3.05, 3.63) is 59.6 Å². The molecule has 2 heterocycles. The van der Waals surface area contributed by atoms with Crippen LogP contribution in [0, 0.1) is 0 Å². The molecule has 0 aliphatic heterocycles. The highest BCUT2D eigenvalue weighted by molar-refractivity contribution is 7.18. The second-order valence-electron chi connectivity index (χ2n) is 6.95. The lowest BCUT2D eigenvalue weighted by Gasteiger charge is -2.14. The molecule has 2 aromatic heterocycles. The molecule has 0 aliphatic rings. The molecule has 0 fully saturated rings. The van der Waals surface area contributed by atoms with Crippen LogP contribution in [0.5, 0.6) is 0 Å². The molecule has 0 atom stereocenters. The Hall–Kier alpha value is -2.64. The zero-order valence-electron chi connectivity index (χ0n) is 16.0. The fraction of sp³-hybridized carbons (Fsp3) is 0.333. The molecule has 0 spiro atoms. The standard InChI is InChI=1S/C21H24N6S/c1-26(16-20-22-18-12-6-7-13-19(18)28-20)14-8-3-9-15-27-24-21(23-25-27)17-10-4-2-5-11-17/h2,4-7,10-13H,3,8-9,14-16H2,1H3. The lowest BCUT2D eigenvalue weighted by atomic mass is 10.2. The molecule has 0 unspecified atom stereocenters. The minimum absolute atomic E-state index is 0.691. The summed E-state index contributed by atoms with van der Waals surface area (Å²) in [6.07, 6.45) is 3.35. The summed E-state index contributed by atoms with van der Waals surface area (Å²) in [5, 5.41) is 14.0. The number of nitrogens with zero attached hydrogens (tertiary/aromatic N) is 6. The van der Waals surface area contributed by atoms with Gasteiger partial charge in [-0.15, -0.1) is 21.5 Å². The molecule has 0 saturated heterocycles. The van der Waals surface area contributed by atoms with E-state index >= 15 is 0 Å². The Labute approximate surface area is 168 Å². The lowest BCUT2D eigenvalue weighted by Crippen LogP contribution is -2.19. The maximum Gasteiger partial charge on any atom is 0.204 e. The van der Waals surface area contributed by atoms with Crippen LogP contribution in [0.4, 0.5) is 0 Å².